The van der Waals surface area contributed by atoms with E-state index >= 15 is 0 Å². The smallest absolute Gasteiger partial charge is 0.173 e. The molecule has 1 aliphatic rings. The second-order valence-corrected chi connectivity index (χ2v) is 8.99. The van der Waals surface area contributed by atoms with Crippen LogP contribution in [0.1, 0.15) is 81.1 Å². The molecule has 1 saturated heterocycles. The molecule has 158 valence electrons. The molecule has 8 atom stereocenters. The number of rotatable bonds is 9. The summed E-state index contributed by atoms with van der Waals surface area (Å²) in [5, 5.41) is 22.2. The van der Waals surface area contributed by atoms with Crippen LogP contribution in [0, 0.1) is 29.6 Å². The molecule has 0 saturated carbocycles. The number of Topliss-reactive ketones (excluding diaryl/α,β-unsaturated/α-hetero) is 1. The van der Waals surface area contributed by atoms with Crippen LogP contribution in [-0.4, -0.2) is 34.0 Å². The molecule has 1 rings (SSSR count). The molecular formula is C23H42O4. The number of aliphatic hydroxyl groups is 2. The van der Waals surface area contributed by atoms with Gasteiger partial charge in [-0.1, -0.05) is 60.1 Å². The Bertz CT molecular complexity index is 515. The molecule has 2 N–H and O–H groups in total. The van der Waals surface area contributed by atoms with E-state index in [1.54, 1.807) is 0 Å². The van der Waals surface area contributed by atoms with Crippen LogP contribution in [0.2, 0.25) is 0 Å². The Labute approximate surface area is 166 Å². The molecule has 0 unspecified atom stereocenters. The highest BCUT2D eigenvalue weighted by molar-refractivity contribution is 5.80. The summed E-state index contributed by atoms with van der Waals surface area (Å²) in [7, 11) is 0. The SMILES string of the molecule is CC/C=C(\C)C[C@@H](C)C[C@@H](C)[C@@]1(O)O[C@H]([C@H](C)C(=O)CC)[C@H](C)[C@H](O)[C@@H]1C. The van der Waals surface area contributed by atoms with Gasteiger partial charge in [-0.15, -0.1) is 0 Å². The molecule has 1 heterocycles. The van der Waals surface area contributed by atoms with Crippen LogP contribution in [0.15, 0.2) is 11.6 Å². The van der Waals surface area contributed by atoms with Crippen molar-refractivity contribution in [2.75, 3.05) is 0 Å². The largest absolute Gasteiger partial charge is 0.392 e. The highest BCUT2D eigenvalue weighted by Crippen LogP contribution is 2.44. The second-order valence-electron chi connectivity index (χ2n) is 8.99. The van der Waals surface area contributed by atoms with Crippen LogP contribution in [0.25, 0.3) is 0 Å². The minimum absolute atomic E-state index is 0.109. The van der Waals surface area contributed by atoms with E-state index in [0.29, 0.717) is 12.3 Å². The van der Waals surface area contributed by atoms with E-state index < -0.39 is 23.9 Å². The molecule has 0 radical (unpaired) electrons. The number of carbonyl (C=O) groups is 1. The Balaban J connectivity index is 2.97. The topological polar surface area (TPSA) is 66.8 Å². The zero-order valence-corrected chi connectivity index (χ0v) is 18.7. The average Bonchev–Trinajstić information content (AvgIpc) is 2.61. The monoisotopic (exact) mass is 382 g/mol. The van der Waals surface area contributed by atoms with Crippen molar-refractivity contribution in [2.24, 2.45) is 29.6 Å². The molecule has 4 heteroatoms. The van der Waals surface area contributed by atoms with Gasteiger partial charge in [0, 0.05) is 30.1 Å². The summed E-state index contributed by atoms with van der Waals surface area (Å²) < 4.78 is 6.23. The Hall–Kier alpha value is -0.710. The van der Waals surface area contributed by atoms with Gasteiger partial charge in [0.25, 0.3) is 0 Å². The number of ether oxygens (including phenoxy) is 1. The van der Waals surface area contributed by atoms with Crippen molar-refractivity contribution >= 4 is 5.78 Å². The van der Waals surface area contributed by atoms with Gasteiger partial charge in [0.15, 0.2) is 5.79 Å². The summed E-state index contributed by atoms with van der Waals surface area (Å²) in [6, 6.07) is 0. The Morgan fingerprint density at radius 2 is 1.81 bits per heavy atom. The van der Waals surface area contributed by atoms with Gasteiger partial charge in [-0.3, -0.25) is 4.79 Å². The molecule has 0 aromatic rings. The lowest BCUT2D eigenvalue weighted by Gasteiger charge is -2.52. The quantitative estimate of drug-likeness (QED) is 0.566. The predicted molar refractivity (Wildman–Crippen MR) is 110 cm³/mol. The number of hydrogen-bond donors (Lipinski definition) is 2. The molecule has 4 nitrogen and oxygen atoms in total. The van der Waals surface area contributed by atoms with Crippen molar-refractivity contribution in [1.82, 2.24) is 0 Å². The fraction of sp³-hybridized carbons (Fsp3) is 0.870. The summed E-state index contributed by atoms with van der Waals surface area (Å²) >= 11 is 0. The predicted octanol–water partition coefficient (Wildman–Crippen LogP) is 4.73. The van der Waals surface area contributed by atoms with Crippen LogP contribution in [-0.2, 0) is 9.53 Å². The van der Waals surface area contributed by atoms with Crippen molar-refractivity contribution < 1.29 is 19.7 Å². The van der Waals surface area contributed by atoms with Crippen molar-refractivity contribution in [3.63, 3.8) is 0 Å². The van der Waals surface area contributed by atoms with Gasteiger partial charge in [-0.05, 0) is 32.1 Å². The van der Waals surface area contributed by atoms with Crippen LogP contribution in [0.5, 0.6) is 0 Å². The zero-order chi connectivity index (χ0) is 20.9. The molecule has 0 bridgehead atoms. The van der Waals surface area contributed by atoms with Gasteiger partial charge in [-0.2, -0.15) is 0 Å². The molecule has 27 heavy (non-hydrogen) atoms. The molecule has 1 fully saturated rings. The minimum atomic E-state index is -1.42. The number of carbonyl (C=O) groups excluding carboxylic acids is 1. The number of aliphatic hydroxyl groups excluding tert-OH is 1. The Kier molecular flexibility index (Phi) is 9.17. The Morgan fingerprint density at radius 1 is 1.22 bits per heavy atom. The van der Waals surface area contributed by atoms with Crippen molar-refractivity contribution in [3.8, 4) is 0 Å². The summed E-state index contributed by atoms with van der Waals surface area (Å²) in [4.78, 5) is 12.2. The van der Waals surface area contributed by atoms with E-state index in [1.165, 1.54) is 5.57 Å². The van der Waals surface area contributed by atoms with E-state index in [-0.39, 0.29) is 23.5 Å². The first kappa shape index (κ1) is 24.3. The minimum Gasteiger partial charge on any atom is -0.392 e. The molecular weight excluding hydrogens is 340 g/mol. The molecule has 0 aliphatic carbocycles. The second kappa shape index (κ2) is 10.2. The third kappa shape index (κ3) is 5.65. The van der Waals surface area contributed by atoms with Crippen molar-refractivity contribution in [2.45, 2.75) is 99.1 Å². The zero-order valence-electron chi connectivity index (χ0n) is 18.7. The Morgan fingerprint density at radius 3 is 2.33 bits per heavy atom. The van der Waals surface area contributed by atoms with E-state index in [4.69, 9.17) is 4.74 Å². The van der Waals surface area contributed by atoms with Gasteiger partial charge in [0.2, 0.25) is 0 Å². The van der Waals surface area contributed by atoms with Gasteiger partial charge in [0.1, 0.15) is 5.78 Å². The van der Waals surface area contributed by atoms with E-state index in [2.05, 4.69) is 26.8 Å². The van der Waals surface area contributed by atoms with E-state index in [9.17, 15) is 15.0 Å². The average molecular weight is 383 g/mol. The summed E-state index contributed by atoms with van der Waals surface area (Å²) in [5.41, 5.74) is 1.37. The van der Waals surface area contributed by atoms with E-state index in [0.717, 1.165) is 19.3 Å². The first-order chi connectivity index (χ1) is 12.5. The van der Waals surface area contributed by atoms with Gasteiger partial charge in [-0.25, -0.2) is 0 Å². The normalized spacial score (nSPS) is 35.6. The molecule has 0 aromatic carbocycles. The highest BCUT2D eigenvalue weighted by Gasteiger charge is 2.54. The summed E-state index contributed by atoms with van der Waals surface area (Å²) in [6.07, 6.45) is 4.36. The van der Waals surface area contributed by atoms with Crippen molar-refractivity contribution in [3.05, 3.63) is 11.6 Å². The molecule has 0 aromatic heterocycles. The fourth-order valence-corrected chi connectivity index (χ4v) is 4.79. The van der Waals surface area contributed by atoms with E-state index in [1.807, 2.05) is 34.6 Å². The summed E-state index contributed by atoms with van der Waals surface area (Å²) in [5.74, 6) is -1.96. The fourth-order valence-electron chi connectivity index (χ4n) is 4.79. The summed E-state index contributed by atoms with van der Waals surface area (Å²) in [6.45, 7) is 15.9. The third-order valence-electron chi connectivity index (χ3n) is 6.58. The lowest BCUT2D eigenvalue weighted by molar-refractivity contribution is -0.344. The van der Waals surface area contributed by atoms with Crippen LogP contribution >= 0.6 is 0 Å². The lowest BCUT2D eigenvalue weighted by atomic mass is 9.71. The molecule has 0 spiro atoms. The standard InChI is InChI=1S/C23H42O4/c1-9-11-14(3)12-15(4)13-16(5)23(26)19(8)21(25)18(7)22(27-23)17(6)20(24)10-2/h11,15-19,21-22,25-26H,9-10,12-13H2,1-8H3/b14-11+/t15-,16-,17-,18-,19+,21+,22-,23-/m1/s1. The van der Waals surface area contributed by atoms with Crippen molar-refractivity contribution in [1.29, 1.82) is 0 Å². The maximum absolute atomic E-state index is 12.2. The first-order valence-electron chi connectivity index (χ1n) is 10.8. The number of allylic oxidation sites excluding steroid dienone is 2. The number of hydrogen-bond acceptors (Lipinski definition) is 4. The van der Waals surface area contributed by atoms with Crippen LogP contribution in [0.3, 0.4) is 0 Å². The van der Waals surface area contributed by atoms with Crippen LogP contribution in [0.4, 0.5) is 0 Å². The first-order valence-corrected chi connectivity index (χ1v) is 10.8. The molecule has 1 aliphatic heterocycles. The third-order valence-corrected chi connectivity index (χ3v) is 6.58. The lowest BCUT2D eigenvalue weighted by Crippen LogP contribution is -2.61. The molecule has 0 amide bonds. The van der Waals surface area contributed by atoms with Crippen LogP contribution < -0.4 is 0 Å². The van der Waals surface area contributed by atoms with Gasteiger partial charge >= 0.3 is 0 Å². The van der Waals surface area contributed by atoms with Gasteiger partial charge < -0.3 is 14.9 Å². The highest BCUT2D eigenvalue weighted by atomic mass is 16.6. The maximum Gasteiger partial charge on any atom is 0.173 e. The van der Waals surface area contributed by atoms with Gasteiger partial charge in [0.05, 0.1) is 12.2 Å². The number of ketones is 1. The maximum atomic E-state index is 12.2.